The first kappa shape index (κ1) is 24.9. The Kier molecular flexibility index (Phi) is 7.76. The van der Waals surface area contributed by atoms with Gasteiger partial charge in [-0.05, 0) is 31.0 Å². The molecule has 10 nitrogen and oxygen atoms in total. The first-order valence-electron chi connectivity index (χ1n) is 12.0. The summed E-state index contributed by atoms with van der Waals surface area (Å²) in [6.07, 6.45) is 2.14. The maximum Gasteiger partial charge on any atom is 0.256 e. The molecule has 0 N–H and O–H groups in total. The van der Waals surface area contributed by atoms with Crippen LogP contribution in [0.5, 0.6) is 0 Å². The summed E-state index contributed by atoms with van der Waals surface area (Å²) < 4.78 is 32.1. The third kappa shape index (κ3) is 5.37. The number of piperazine rings is 1. The Hall–Kier alpha value is -2.21. The molecule has 0 aromatic heterocycles. The van der Waals surface area contributed by atoms with E-state index < -0.39 is 10.0 Å². The molecule has 3 aliphatic rings. The maximum atomic E-state index is 13.6. The molecule has 0 spiro atoms. The van der Waals surface area contributed by atoms with E-state index in [9.17, 15) is 18.0 Å². The zero-order valence-corrected chi connectivity index (χ0v) is 20.9. The average molecular weight is 494 g/mol. The molecule has 34 heavy (non-hydrogen) atoms. The summed E-state index contributed by atoms with van der Waals surface area (Å²) in [5, 5.41) is 0. The van der Waals surface area contributed by atoms with E-state index in [2.05, 4.69) is 9.80 Å². The van der Waals surface area contributed by atoms with Crippen LogP contribution >= 0.6 is 0 Å². The van der Waals surface area contributed by atoms with Crippen LogP contribution in [0, 0.1) is 0 Å². The minimum Gasteiger partial charge on any atom is -0.378 e. The fourth-order valence-corrected chi connectivity index (χ4v) is 5.60. The van der Waals surface area contributed by atoms with E-state index in [-0.39, 0.29) is 16.7 Å². The highest BCUT2D eigenvalue weighted by Crippen LogP contribution is 2.28. The molecule has 2 amide bonds. The predicted molar refractivity (Wildman–Crippen MR) is 129 cm³/mol. The van der Waals surface area contributed by atoms with Gasteiger partial charge < -0.3 is 19.4 Å². The minimum absolute atomic E-state index is 0.104. The number of anilines is 1. The summed E-state index contributed by atoms with van der Waals surface area (Å²) in [5.41, 5.74) is 1.13. The SMILES string of the molecule is CN(C)S(=O)(=O)c1ccc(N2CCOCC2)c(C(=O)N2CCN(CC(=O)N3CCCC3)CC2)c1. The van der Waals surface area contributed by atoms with Crippen LogP contribution in [0.4, 0.5) is 5.69 Å². The number of hydrogen-bond donors (Lipinski definition) is 0. The second kappa shape index (κ2) is 10.6. The number of benzene rings is 1. The molecule has 1 aromatic carbocycles. The van der Waals surface area contributed by atoms with Crippen LogP contribution in [0.3, 0.4) is 0 Å². The summed E-state index contributed by atoms with van der Waals surface area (Å²) in [7, 11) is -0.710. The lowest BCUT2D eigenvalue weighted by atomic mass is 10.1. The van der Waals surface area contributed by atoms with E-state index in [1.165, 1.54) is 20.2 Å². The van der Waals surface area contributed by atoms with Crippen molar-refractivity contribution < 1.29 is 22.7 Å². The molecule has 11 heteroatoms. The van der Waals surface area contributed by atoms with Crippen molar-refractivity contribution in [1.82, 2.24) is 19.0 Å². The molecule has 3 heterocycles. The second-order valence-electron chi connectivity index (χ2n) is 9.22. The fraction of sp³-hybridized carbons (Fsp3) is 0.652. The molecule has 3 saturated heterocycles. The molecule has 0 aliphatic carbocycles. The van der Waals surface area contributed by atoms with Gasteiger partial charge >= 0.3 is 0 Å². The lowest BCUT2D eigenvalue weighted by Gasteiger charge is -2.36. The summed E-state index contributed by atoms with van der Waals surface area (Å²) in [4.78, 5) is 34.1. The standard InChI is InChI=1S/C23H35N5O5S/c1-24(2)34(31,32)19-5-6-21(26-13-15-33-16-14-26)20(17-19)23(30)28-11-9-25(10-12-28)18-22(29)27-7-3-4-8-27/h5-6,17H,3-4,7-16,18H2,1-2H3. The summed E-state index contributed by atoms with van der Waals surface area (Å²) in [6.45, 7) is 6.72. The number of nitrogens with zero attached hydrogens (tertiary/aromatic N) is 5. The number of rotatable bonds is 6. The van der Waals surface area contributed by atoms with E-state index in [4.69, 9.17) is 4.74 Å². The molecular formula is C23H35N5O5S. The van der Waals surface area contributed by atoms with Crippen LogP contribution in [0.15, 0.2) is 23.1 Å². The molecule has 4 rings (SSSR count). The van der Waals surface area contributed by atoms with Crippen LogP contribution in [0.1, 0.15) is 23.2 Å². The highest BCUT2D eigenvalue weighted by molar-refractivity contribution is 7.89. The summed E-state index contributed by atoms with van der Waals surface area (Å²) in [5.74, 6) is -0.0173. The van der Waals surface area contributed by atoms with Gasteiger partial charge in [0.1, 0.15) is 0 Å². The highest BCUT2D eigenvalue weighted by atomic mass is 32.2. The number of amides is 2. The van der Waals surface area contributed by atoms with Crippen LogP contribution in [0.25, 0.3) is 0 Å². The number of ether oxygens (including phenoxy) is 1. The Morgan fingerprint density at radius 1 is 0.912 bits per heavy atom. The number of carbonyl (C=O) groups is 2. The van der Waals surface area contributed by atoms with Gasteiger partial charge in [-0.3, -0.25) is 14.5 Å². The van der Waals surface area contributed by atoms with Gasteiger partial charge in [-0.1, -0.05) is 0 Å². The molecule has 0 unspecified atom stereocenters. The molecule has 3 fully saturated rings. The molecule has 0 radical (unpaired) electrons. The lowest BCUT2D eigenvalue weighted by molar-refractivity contribution is -0.131. The second-order valence-corrected chi connectivity index (χ2v) is 11.4. The lowest BCUT2D eigenvalue weighted by Crippen LogP contribution is -2.51. The summed E-state index contributed by atoms with van der Waals surface area (Å²) in [6, 6.07) is 4.81. The molecular weight excluding hydrogens is 458 g/mol. The van der Waals surface area contributed by atoms with E-state index in [1.54, 1.807) is 17.0 Å². The normalized spacial score (nSPS) is 20.3. The number of likely N-dealkylation sites (tertiary alicyclic amines) is 1. The van der Waals surface area contributed by atoms with Crippen molar-refractivity contribution in [2.45, 2.75) is 17.7 Å². The van der Waals surface area contributed by atoms with Crippen LogP contribution < -0.4 is 4.90 Å². The van der Waals surface area contributed by atoms with Crippen molar-refractivity contribution in [2.24, 2.45) is 0 Å². The van der Waals surface area contributed by atoms with Crippen molar-refractivity contribution in [3.63, 3.8) is 0 Å². The van der Waals surface area contributed by atoms with Gasteiger partial charge in [0.2, 0.25) is 15.9 Å². The molecule has 0 saturated carbocycles. The van der Waals surface area contributed by atoms with E-state index in [0.717, 1.165) is 35.9 Å². The van der Waals surface area contributed by atoms with Crippen LogP contribution in [-0.2, 0) is 19.6 Å². The molecule has 3 aliphatic heterocycles. The van der Waals surface area contributed by atoms with Gasteiger partial charge in [-0.25, -0.2) is 12.7 Å². The molecule has 0 bridgehead atoms. The zero-order valence-electron chi connectivity index (χ0n) is 20.1. The third-order valence-electron chi connectivity index (χ3n) is 6.81. The van der Waals surface area contributed by atoms with Crippen LogP contribution in [-0.4, -0.2) is 125 Å². The Bertz CT molecular complexity index is 995. The Labute approximate surface area is 202 Å². The average Bonchev–Trinajstić information content (AvgIpc) is 3.39. The predicted octanol–water partition coefficient (Wildman–Crippen LogP) is 0.154. The molecule has 1 aromatic rings. The minimum atomic E-state index is -3.67. The van der Waals surface area contributed by atoms with Crippen LogP contribution in [0.2, 0.25) is 0 Å². The Balaban J connectivity index is 1.50. The topological polar surface area (TPSA) is 93.7 Å². The monoisotopic (exact) mass is 493 g/mol. The Morgan fingerprint density at radius 3 is 2.18 bits per heavy atom. The Morgan fingerprint density at radius 2 is 1.56 bits per heavy atom. The van der Waals surface area contributed by atoms with E-state index >= 15 is 0 Å². The van der Waals surface area contributed by atoms with Gasteiger partial charge in [-0.2, -0.15) is 0 Å². The van der Waals surface area contributed by atoms with Gasteiger partial charge in [-0.15, -0.1) is 0 Å². The van der Waals surface area contributed by atoms with Gasteiger partial charge in [0.25, 0.3) is 5.91 Å². The quantitative estimate of drug-likeness (QED) is 0.557. The van der Waals surface area contributed by atoms with Crippen molar-refractivity contribution in [3.05, 3.63) is 23.8 Å². The molecule has 188 valence electrons. The molecule has 0 atom stereocenters. The first-order valence-corrected chi connectivity index (χ1v) is 13.4. The van der Waals surface area contributed by atoms with E-state index in [0.29, 0.717) is 64.6 Å². The smallest absolute Gasteiger partial charge is 0.256 e. The van der Waals surface area contributed by atoms with Gasteiger partial charge in [0.05, 0.1) is 30.2 Å². The highest BCUT2D eigenvalue weighted by Gasteiger charge is 2.29. The van der Waals surface area contributed by atoms with Gasteiger partial charge in [0.15, 0.2) is 0 Å². The largest absolute Gasteiger partial charge is 0.378 e. The summed E-state index contributed by atoms with van der Waals surface area (Å²) >= 11 is 0. The van der Waals surface area contributed by atoms with Crippen molar-refractivity contribution in [1.29, 1.82) is 0 Å². The zero-order chi connectivity index (χ0) is 24.3. The van der Waals surface area contributed by atoms with E-state index in [1.807, 2.05) is 4.90 Å². The number of hydrogen-bond acceptors (Lipinski definition) is 7. The first-order chi connectivity index (χ1) is 16.3. The van der Waals surface area contributed by atoms with Crippen molar-refractivity contribution in [3.8, 4) is 0 Å². The van der Waals surface area contributed by atoms with Crippen molar-refractivity contribution in [2.75, 3.05) is 91.1 Å². The maximum absolute atomic E-state index is 13.6. The van der Waals surface area contributed by atoms with Gasteiger partial charge in [0, 0.05) is 72.1 Å². The fourth-order valence-electron chi connectivity index (χ4n) is 4.67. The van der Waals surface area contributed by atoms with Crippen molar-refractivity contribution >= 4 is 27.5 Å². The number of carbonyl (C=O) groups excluding carboxylic acids is 2. The third-order valence-corrected chi connectivity index (χ3v) is 8.62. The number of sulfonamides is 1. The number of morpholine rings is 1.